The molecule has 0 bridgehead atoms. The minimum absolute atomic E-state index is 0.0827. The zero-order valence-electron chi connectivity index (χ0n) is 30.1. The molecule has 0 aliphatic carbocycles. The quantitative estimate of drug-likeness (QED) is 0.142. The molecule has 0 spiro atoms. The monoisotopic (exact) mass is 697 g/mol. The van der Waals surface area contributed by atoms with E-state index in [1.54, 1.807) is 0 Å². The summed E-state index contributed by atoms with van der Waals surface area (Å²) in [7, 11) is 4.31. The molecule has 272 valence electrons. The van der Waals surface area contributed by atoms with Crippen LogP contribution in [-0.4, -0.2) is 102 Å². The largest absolute Gasteiger partial charge is 0.390 e. The fraction of sp³-hybridized carbons (Fsp3) is 0.405. The maximum atomic E-state index is 14.7. The van der Waals surface area contributed by atoms with E-state index in [1.807, 2.05) is 126 Å². The Balaban J connectivity index is 1.55. The summed E-state index contributed by atoms with van der Waals surface area (Å²) in [5.41, 5.74) is 1.51. The van der Waals surface area contributed by atoms with Crippen LogP contribution < -0.4 is 0 Å². The van der Waals surface area contributed by atoms with Crippen LogP contribution in [0, 0.1) is 0 Å². The van der Waals surface area contributed by atoms with Gasteiger partial charge in [0.25, 0.3) is 5.91 Å². The lowest BCUT2D eigenvalue weighted by atomic mass is 9.85. The van der Waals surface area contributed by atoms with Gasteiger partial charge >= 0.3 is 0 Å². The molecule has 51 heavy (non-hydrogen) atoms. The summed E-state index contributed by atoms with van der Waals surface area (Å²) < 4.78 is 26.9. The van der Waals surface area contributed by atoms with Gasteiger partial charge in [0.15, 0.2) is 6.10 Å². The maximum absolute atomic E-state index is 14.7. The van der Waals surface area contributed by atoms with Crippen LogP contribution in [0.15, 0.2) is 121 Å². The molecular formula is C42H53N2O7+. The van der Waals surface area contributed by atoms with Crippen LogP contribution in [0.5, 0.6) is 0 Å². The molecular weight excluding hydrogens is 644 g/mol. The minimum atomic E-state index is -2.01. The van der Waals surface area contributed by atoms with Crippen LogP contribution in [0.2, 0.25) is 0 Å². The van der Waals surface area contributed by atoms with E-state index in [0.717, 1.165) is 39.8 Å². The van der Waals surface area contributed by atoms with E-state index in [2.05, 4.69) is 14.1 Å². The van der Waals surface area contributed by atoms with Crippen LogP contribution in [0.3, 0.4) is 0 Å². The summed E-state index contributed by atoms with van der Waals surface area (Å²) in [6.07, 6.45) is -4.95. The molecule has 2 N–H and O–H groups in total. The number of aliphatic hydroxyl groups excluding tert-OH is 1. The fourth-order valence-corrected chi connectivity index (χ4v) is 6.20. The summed E-state index contributed by atoms with van der Waals surface area (Å²) in [5.74, 6) is -0.254. The van der Waals surface area contributed by atoms with Crippen molar-refractivity contribution in [2.24, 2.45) is 0 Å². The first kappa shape index (κ1) is 38.3. The Hall–Kier alpha value is -3.93. The predicted molar refractivity (Wildman–Crippen MR) is 196 cm³/mol. The van der Waals surface area contributed by atoms with Gasteiger partial charge in [-0.25, -0.2) is 0 Å². The highest BCUT2D eigenvalue weighted by Gasteiger charge is 2.52. The van der Waals surface area contributed by atoms with E-state index >= 15 is 0 Å². The number of nitrogens with zero attached hydrogens (tertiary/aromatic N) is 2. The van der Waals surface area contributed by atoms with Crippen LogP contribution in [0.25, 0.3) is 0 Å². The highest BCUT2D eigenvalue weighted by Crippen LogP contribution is 2.31. The Morgan fingerprint density at radius 3 is 1.55 bits per heavy atom. The molecule has 1 unspecified atom stereocenters. The van der Waals surface area contributed by atoms with Gasteiger partial charge in [0.05, 0.1) is 79.4 Å². The average Bonchev–Trinajstić information content (AvgIpc) is 3.15. The number of aliphatic hydroxyl groups is 2. The number of benzene rings is 4. The van der Waals surface area contributed by atoms with E-state index in [-0.39, 0.29) is 38.9 Å². The minimum Gasteiger partial charge on any atom is -0.390 e. The zero-order chi connectivity index (χ0) is 36.1. The fourth-order valence-electron chi connectivity index (χ4n) is 6.20. The van der Waals surface area contributed by atoms with Gasteiger partial charge in [0.2, 0.25) is 0 Å². The first-order valence-electron chi connectivity index (χ1n) is 17.7. The molecule has 1 aliphatic rings. The number of amides is 1. The molecule has 4 aromatic carbocycles. The van der Waals surface area contributed by atoms with Gasteiger partial charge in [-0.2, -0.15) is 0 Å². The summed E-state index contributed by atoms with van der Waals surface area (Å²) >= 11 is 0. The SMILES string of the molecule is C[C@@H](O)C(O)(COCc1ccccc1)[C@@H](OCc1ccccc1)[C@H](OCc1ccccc1)[C@@H](OCc1ccccc1)C(=O)N1CC[N+](C)(C)CC1. The topological polar surface area (TPSA) is 97.7 Å². The Morgan fingerprint density at radius 1 is 0.686 bits per heavy atom. The molecule has 0 aromatic heterocycles. The number of carbonyl (C=O) groups excluding carboxylic acids is 1. The van der Waals surface area contributed by atoms with Gasteiger partial charge < -0.3 is 38.5 Å². The Kier molecular flexibility index (Phi) is 13.9. The normalized spacial score (nSPS) is 17.9. The number of hydrogen-bond donors (Lipinski definition) is 2. The molecule has 5 atom stereocenters. The van der Waals surface area contributed by atoms with E-state index in [9.17, 15) is 15.0 Å². The van der Waals surface area contributed by atoms with Gasteiger partial charge in [0, 0.05) is 0 Å². The first-order valence-corrected chi connectivity index (χ1v) is 17.7. The Labute approximate surface area is 302 Å². The van der Waals surface area contributed by atoms with Crippen molar-refractivity contribution < 1.29 is 38.4 Å². The standard InChI is InChI=1S/C42H53N2O7/c1-33(45)42(47,32-48-28-34-16-8-4-9-17-34)40(51-31-37-22-14-7-15-23-37)38(49-29-35-18-10-5-11-19-35)39(50-30-36-20-12-6-13-21-36)41(46)43-24-26-44(2,3)27-25-43/h4-23,33,38-40,45,47H,24-32H2,1-3H3/q+1/t33-,38-,39-,40+,42?/m1/s1. The van der Waals surface area contributed by atoms with Crippen molar-refractivity contribution in [2.45, 2.75) is 63.4 Å². The molecule has 0 radical (unpaired) electrons. The van der Waals surface area contributed by atoms with Crippen molar-refractivity contribution in [1.29, 1.82) is 0 Å². The first-order chi connectivity index (χ1) is 24.6. The summed E-state index contributed by atoms with van der Waals surface area (Å²) in [5, 5.41) is 24.0. The number of carbonyl (C=O) groups is 1. The third kappa shape index (κ3) is 11.0. The second-order valence-corrected chi connectivity index (χ2v) is 14.0. The van der Waals surface area contributed by atoms with Crippen molar-refractivity contribution >= 4 is 5.91 Å². The molecule has 5 rings (SSSR count). The number of quaternary nitrogens is 1. The second-order valence-electron chi connectivity index (χ2n) is 14.0. The van der Waals surface area contributed by atoms with Gasteiger partial charge in [-0.3, -0.25) is 4.79 Å². The summed E-state index contributed by atoms with van der Waals surface area (Å²) in [6, 6.07) is 38.5. The lowest BCUT2D eigenvalue weighted by molar-refractivity contribution is -0.894. The molecule has 1 fully saturated rings. The number of piperazine rings is 1. The molecule has 1 saturated heterocycles. The smallest absolute Gasteiger partial charge is 0.254 e. The van der Waals surface area contributed by atoms with Gasteiger partial charge in [-0.15, -0.1) is 0 Å². The van der Waals surface area contributed by atoms with Crippen molar-refractivity contribution in [2.75, 3.05) is 46.9 Å². The van der Waals surface area contributed by atoms with Gasteiger partial charge in [-0.05, 0) is 29.2 Å². The van der Waals surface area contributed by atoms with Crippen LogP contribution in [-0.2, 0) is 50.2 Å². The molecule has 9 heteroatoms. The number of likely N-dealkylation sites (N-methyl/N-ethyl adjacent to an activating group) is 1. The van der Waals surface area contributed by atoms with Gasteiger partial charge in [-0.1, -0.05) is 121 Å². The molecule has 4 aromatic rings. The number of hydrogen-bond acceptors (Lipinski definition) is 7. The van der Waals surface area contributed by atoms with Crippen molar-refractivity contribution in [3.8, 4) is 0 Å². The van der Waals surface area contributed by atoms with E-state index in [4.69, 9.17) is 18.9 Å². The van der Waals surface area contributed by atoms with Gasteiger partial charge in [0.1, 0.15) is 17.8 Å². The second kappa shape index (κ2) is 18.5. The van der Waals surface area contributed by atoms with Crippen molar-refractivity contribution in [3.05, 3.63) is 144 Å². The van der Waals surface area contributed by atoms with E-state index in [1.165, 1.54) is 6.92 Å². The predicted octanol–water partition coefficient (Wildman–Crippen LogP) is 4.99. The van der Waals surface area contributed by atoms with Crippen molar-refractivity contribution in [3.63, 3.8) is 0 Å². The van der Waals surface area contributed by atoms with Crippen molar-refractivity contribution in [1.82, 2.24) is 4.90 Å². The lowest BCUT2D eigenvalue weighted by Crippen LogP contribution is -2.65. The summed E-state index contributed by atoms with van der Waals surface area (Å²) in [4.78, 5) is 16.6. The highest BCUT2D eigenvalue weighted by molar-refractivity contribution is 5.82. The highest BCUT2D eigenvalue weighted by atomic mass is 16.6. The molecule has 9 nitrogen and oxygen atoms in total. The van der Waals surface area contributed by atoms with Crippen LogP contribution in [0.1, 0.15) is 29.2 Å². The van der Waals surface area contributed by atoms with E-state index < -0.39 is 30.0 Å². The maximum Gasteiger partial charge on any atom is 0.254 e. The third-order valence-corrected chi connectivity index (χ3v) is 9.59. The average molecular weight is 698 g/mol. The Morgan fingerprint density at radius 2 is 1.10 bits per heavy atom. The lowest BCUT2D eigenvalue weighted by Gasteiger charge is -2.45. The third-order valence-electron chi connectivity index (χ3n) is 9.59. The molecule has 0 saturated carbocycles. The molecule has 1 heterocycles. The number of ether oxygens (including phenoxy) is 4. The Bertz CT molecular complexity index is 1580. The number of rotatable bonds is 18. The van der Waals surface area contributed by atoms with Crippen LogP contribution >= 0.6 is 0 Å². The zero-order valence-corrected chi connectivity index (χ0v) is 30.1. The van der Waals surface area contributed by atoms with E-state index in [0.29, 0.717) is 13.1 Å². The van der Waals surface area contributed by atoms with Crippen LogP contribution in [0.4, 0.5) is 0 Å². The summed E-state index contributed by atoms with van der Waals surface area (Å²) in [6.45, 7) is 4.38. The molecule has 1 aliphatic heterocycles. The molecule has 1 amide bonds.